The molecule has 0 aliphatic carbocycles. The van der Waals surface area contributed by atoms with Gasteiger partial charge < -0.3 is 20.6 Å². The van der Waals surface area contributed by atoms with Crippen molar-refractivity contribution in [2.45, 2.75) is 48.6 Å². The number of carbonyl (C=O) groups excluding carboxylic acids is 3. The number of carbonyl (C=O) groups is 3. The Hall–Kier alpha value is -1.77. The van der Waals surface area contributed by atoms with E-state index in [1.54, 1.807) is 36.0 Å². The first-order valence-electron chi connectivity index (χ1n) is 10.7. The molecule has 4 rings (SSSR count). The summed E-state index contributed by atoms with van der Waals surface area (Å²) >= 11 is 7.84. The highest BCUT2D eigenvalue weighted by atomic mass is 35.5. The summed E-state index contributed by atoms with van der Waals surface area (Å²) in [6.45, 7) is 4.38. The van der Waals surface area contributed by atoms with Crippen LogP contribution < -0.4 is 10.6 Å². The summed E-state index contributed by atoms with van der Waals surface area (Å²) in [5.41, 5.74) is 0.478. The second-order valence-electron chi connectivity index (χ2n) is 8.74. The van der Waals surface area contributed by atoms with Crippen LogP contribution in [0.25, 0.3) is 0 Å². The average Bonchev–Trinajstić information content (AvgIpc) is 3.29. The number of rotatable bonds is 7. The normalized spacial score (nSPS) is 33.5. The van der Waals surface area contributed by atoms with Gasteiger partial charge in [-0.3, -0.25) is 14.4 Å². The highest BCUT2D eigenvalue weighted by Crippen LogP contribution is 2.71. The Morgan fingerprint density at radius 3 is 2.71 bits per heavy atom. The molecule has 3 aliphatic rings. The second-order valence-corrected chi connectivity index (χ2v) is 11.0. The number of amides is 3. The predicted molar refractivity (Wildman–Crippen MR) is 121 cm³/mol. The lowest BCUT2D eigenvalue weighted by Crippen LogP contribution is -2.52. The lowest BCUT2D eigenvalue weighted by molar-refractivity contribution is -0.140. The van der Waals surface area contributed by atoms with Gasteiger partial charge in [-0.1, -0.05) is 30.7 Å². The van der Waals surface area contributed by atoms with Crippen molar-refractivity contribution in [2.24, 2.45) is 11.8 Å². The number of β-amino-alcohol motifs (C(OH)–C–C–N with tert-alkyl or cyclic N) is 1. The third-order valence-corrected chi connectivity index (χ3v) is 9.14. The zero-order valence-electron chi connectivity index (χ0n) is 17.7. The van der Waals surface area contributed by atoms with E-state index in [2.05, 4.69) is 10.6 Å². The number of thioether (sulfide) groups is 1. The number of hydrogen-bond acceptors (Lipinski definition) is 5. The van der Waals surface area contributed by atoms with Crippen molar-refractivity contribution in [2.75, 3.05) is 25.0 Å². The third-order valence-electron chi connectivity index (χ3n) is 6.83. The van der Waals surface area contributed by atoms with Crippen LogP contribution in [0, 0.1) is 11.8 Å². The maximum atomic E-state index is 13.5. The Labute approximate surface area is 191 Å². The second kappa shape index (κ2) is 8.30. The van der Waals surface area contributed by atoms with Crippen LogP contribution in [-0.2, 0) is 14.4 Å². The summed E-state index contributed by atoms with van der Waals surface area (Å²) in [5, 5.41) is 15.9. The molecule has 3 amide bonds. The predicted octanol–water partition coefficient (Wildman–Crippen LogP) is 2.28. The summed E-state index contributed by atoms with van der Waals surface area (Å²) in [7, 11) is 0. The lowest BCUT2D eigenvalue weighted by atomic mass is 9.66. The summed E-state index contributed by atoms with van der Waals surface area (Å²) in [6.07, 6.45) is 2.24. The molecule has 3 heterocycles. The highest BCUT2D eigenvalue weighted by molar-refractivity contribution is 8.02. The standard InChI is InChI=1S/C22H28ClN3O4S/c1-3-10-24-18(28)15-16-20(30)26(11-12-27)17(22(16)9-8-21(15,2)31-22)19(29)25-14-7-5-4-6-13(14)23/h4-7,15-17,27H,3,8-12H2,1-2H3,(H,24,28)(H,25,29)/t15-,16+,17?,21+,22?/m1/s1. The van der Waals surface area contributed by atoms with E-state index in [4.69, 9.17) is 11.6 Å². The van der Waals surface area contributed by atoms with Crippen LogP contribution >= 0.6 is 23.4 Å². The number of para-hydroxylation sites is 1. The van der Waals surface area contributed by atoms with Crippen molar-refractivity contribution in [3.05, 3.63) is 29.3 Å². The first kappa shape index (κ1) is 22.4. The molecule has 5 atom stereocenters. The van der Waals surface area contributed by atoms with Crippen molar-refractivity contribution >= 4 is 46.8 Å². The van der Waals surface area contributed by atoms with Crippen LogP contribution in [0.5, 0.6) is 0 Å². The molecule has 2 bridgehead atoms. The molecule has 1 aromatic carbocycles. The Morgan fingerprint density at radius 2 is 2.03 bits per heavy atom. The smallest absolute Gasteiger partial charge is 0.248 e. The van der Waals surface area contributed by atoms with E-state index in [1.807, 2.05) is 13.8 Å². The number of fused-ring (bicyclic) bond motifs is 1. The van der Waals surface area contributed by atoms with Gasteiger partial charge >= 0.3 is 0 Å². The van der Waals surface area contributed by atoms with Gasteiger partial charge in [0.1, 0.15) is 6.04 Å². The summed E-state index contributed by atoms with van der Waals surface area (Å²) in [4.78, 5) is 41.6. The number of aliphatic hydroxyl groups excluding tert-OH is 1. The van der Waals surface area contributed by atoms with E-state index in [0.29, 0.717) is 23.7 Å². The van der Waals surface area contributed by atoms with Crippen LogP contribution in [0.1, 0.15) is 33.1 Å². The molecule has 0 aromatic heterocycles. The maximum absolute atomic E-state index is 13.5. The topological polar surface area (TPSA) is 98.7 Å². The Morgan fingerprint density at radius 1 is 1.29 bits per heavy atom. The van der Waals surface area contributed by atoms with Crippen LogP contribution in [0.2, 0.25) is 5.02 Å². The SMILES string of the molecule is CCCNC(=O)[C@H]1[C@H]2C(=O)N(CCO)C(C(=O)Nc3ccccc3Cl)C23CC[C@]1(C)S3. The van der Waals surface area contributed by atoms with E-state index < -0.39 is 27.4 Å². The van der Waals surface area contributed by atoms with Gasteiger partial charge in [-0.2, -0.15) is 0 Å². The van der Waals surface area contributed by atoms with Gasteiger partial charge in [0.15, 0.2) is 0 Å². The molecule has 3 N–H and O–H groups in total. The van der Waals surface area contributed by atoms with Gasteiger partial charge in [0.25, 0.3) is 0 Å². The molecule has 1 spiro atoms. The van der Waals surface area contributed by atoms with Gasteiger partial charge in [0.05, 0.1) is 33.9 Å². The van der Waals surface area contributed by atoms with Crippen LogP contribution in [0.4, 0.5) is 5.69 Å². The number of nitrogens with one attached hydrogen (secondary N) is 2. The van der Waals surface area contributed by atoms with Crippen molar-refractivity contribution in [3.8, 4) is 0 Å². The first-order chi connectivity index (χ1) is 14.8. The van der Waals surface area contributed by atoms with E-state index in [-0.39, 0.29) is 30.9 Å². The fourth-order valence-corrected chi connectivity index (χ4v) is 8.14. The molecule has 168 valence electrons. The minimum absolute atomic E-state index is 0.0538. The monoisotopic (exact) mass is 465 g/mol. The number of likely N-dealkylation sites (tertiary alicyclic amines) is 1. The Bertz CT molecular complexity index is 914. The zero-order valence-corrected chi connectivity index (χ0v) is 19.3. The van der Waals surface area contributed by atoms with Gasteiger partial charge in [-0.25, -0.2) is 0 Å². The molecule has 7 nitrogen and oxygen atoms in total. The largest absolute Gasteiger partial charge is 0.395 e. The molecule has 3 fully saturated rings. The lowest BCUT2D eigenvalue weighted by Gasteiger charge is -2.34. The van der Waals surface area contributed by atoms with Gasteiger partial charge in [-0.15, -0.1) is 11.8 Å². The number of halogens is 1. The van der Waals surface area contributed by atoms with E-state index in [9.17, 15) is 19.5 Å². The number of anilines is 1. The summed E-state index contributed by atoms with van der Waals surface area (Å²) in [6, 6.07) is 6.18. The highest BCUT2D eigenvalue weighted by Gasteiger charge is 2.76. The van der Waals surface area contributed by atoms with Crippen molar-refractivity contribution < 1.29 is 19.5 Å². The summed E-state index contributed by atoms with van der Waals surface area (Å²) < 4.78 is -1.09. The molecule has 2 unspecified atom stereocenters. The summed E-state index contributed by atoms with van der Waals surface area (Å²) in [5.74, 6) is -1.75. The molecule has 3 saturated heterocycles. The van der Waals surface area contributed by atoms with Crippen LogP contribution in [0.3, 0.4) is 0 Å². The van der Waals surface area contributed by atoms with Gasteiger partial charge in [0.2, 0.25) is 17.7 Å². The maximum Gasteiger partial charge on any atom is 0.248 e. The van der Waals surface area contributed by atoms with Crippen LogP contribution in [0.15, 0.2) is 24.3 Å². The van der Waals surface area contributed by atoms with Crippen molar-refractivity contribution in [1.82, 2.24) is 10.2 Å². The fourth-order valence-electron chi connectivity index (χ4n) is 5.60. The van der Waals surface area contributed by atoms with E-state index >= 15 is 0 Å². The zero-order chi connectivity index (χ0) is 22.4. The molecular formula is C22H28ClN3O4S. The number of nitrogens with zero attached hydrogens (tertiary/aromatic N) is 1. The minimum atomic E-state index is -0.774. The van der Waals surface area contributed by atoms with Crippen molar-refractivity contribution in [3.63, 3.8) is 0 Å². The van der Waals surface area contributed by atoms with E-state index in [1.165, 1.54) is 4.90 Å². The molecule has 0 radical (unpaired) electrons. The van der Waals surface area contributed by atoms with Gasteiger partial charge in [0, 0.05) is 17.8 Å². The van der Waals surface area contributed by atoms with Crippen LogP contribution in [-0.4, -0.2) is 63.0 Å². The molecule has 3 aliphatic heterocycles. The number of aliphatic hydroxyl groups is 1. The fraction of sp³-hybridized carbons (Fsp3) is 0.591. The third kappa shape index (κ3) is 3.43. The average molecular weight is 466 g/mol. The molecular weight excluding hydrogens is 438 g/mol. The first-order valence-corrected chi connectivity index (χ1v) is 11.9. The minimum Gasteiger partial charge on any atom is -0.395 e. The van der Waals surface area contributed by atoms with E-state index in [0.717, 1.165) is 12.8 Å². The number of hydrogen-bond donors (Lipinski definition) is 3. The molecule has 1 aromatic rings. The molecule has 0 saturated carbocycles. The number of benzene rings is 1. The molecule has 9 heteroatoms. The van der Waals surface area contributed by atoms with Gasteiger partial charge in [-0.05, 0) is 38.3 Å². The quantitative estimate of drug-likeness (QED) is 0.573. The van der Waals surface area contributed by atoms with Crippen molar-refractivity contribution in [1.29, 1.82) is 0 Å². The Kier molecular flexibility index (Phi) is 6.00. The molecule has 31 heavy (non-hydrogen) atoms. The Balaban J connectivity index is 1.71.